The van der Waals surface area contributed by atoms with E-state index in [1.807, 2.05) is 31.2 Å². The van der Waals surface area contributed by atoms with Gasteiger partial charge in [-0.3, -0.25) is 13.9 Å². The highest BCUT2D eigenvalue weighted by molar-refractivity contribution is 9.10. The molecule has 0 unspecified atom stereocenters. The van der Waals surface area contributed by atoms with Gasteiger partial charge in [-0.1, -0.05) is 76.4 Å². The molecule has 3 aromatic carbocycles. The summed E-state index contributed by atoms with van der Waals surface area (Å²) in [6, 6.07) is 18.6. The second-order valence-electron chi connectivity index (χ2n) is 8.57. The lowest BCUT2D eigenvalue weighted by molar-refractivity contribution is -0.139. The van der Waals surface area contributed by atoms with Crippen molar-refractivity contribution in [3.05, 3.63) is 92.9 Å². The molecule has 3 rings (SSSR count). The zero-order chi connectivity index (χ0) is 27.9. The summed E-state index contributed by atoms with van der Waals surface area (Å²) in [7, 11) is -4.20. The normalized spacial score (nSPS) is 12.0. The highest BCUT2D eigenvalue weighted by atomic mass is 79.9. The average Bonchev–Trinajstić information content (AvgIpc) is 2.88. The molecule has 0 aromatic heterocycles. The van der Waals surface area contributed by atoms with Crippen LogP contribution < -0.4 is 9.62 Å². The van der Waals surface area contributed by atoms with Crippen LogP contribution in [0.4, 0.5) is 5.69 Å². The van der Waals surface area contributed by atoms with Crippen molar-refractivity contribution in [3.63, 3.8) is 0 Å². The van der Waals surface area contributed by atoms with Gasteiger partial charge in [-0.25, -0.2) is 8.42 Å². The first-order valence-corrected chi connectivity index (χ1v) is 14.9. The zero-order valence-corrected chi connectivity index (χ0v) is 24.8. The third-order valence-corrected chi connectivity index (χ3v) is 8.42. The third kappa shape index (κ3) is 7.72. The van der Waals surface area contributed by atoms with E-state index in [0.717, 1.165) is 20.8 Å². The Labute approximate surface area is 241 Å². The van der Waals surface area contributed by atoms with Crippen LogP contribution >= 0.6 is 39.1 Å². The molecule has 0 aliphatic heterocycles. The van der Waals surface area contributed by atoms with E-state index in [0.29, 0.717) is 6.54 Å². The van der Waals surface area contributed by atoms with Gasteiger partial charge in [0, 0.05) is 27.6 Å². The topological polar surface area (TPSA) is 86.8 Å². The first-order valence-electron chi connectivity index (χ1n) is 11.9. The lowest BCUT2D eigenvalue weighted by atomic mass is 10.1. The predicted octanol–water partition coefficient (Wildman–Crippen LogP) is 5.89. The Balaban J connectivity index is 2.04. The van der Waals surface area contributed by atoms with E-state index in [1.165, 1.54) is 35.2 Å². The molecular weight excluding hydrogens is 613 g/mol. The lowest BCUT2D eigenvalue weighted by Crippen LogP contribution is -2.51. The number of nitrogens with one attached hydrogen (secondary N) is 1. The fourth-order valence-electron chi connectivity index (χ4n) is 3.74. The smallest absolute Gasteiger partial charge is 0.264 e. The molecule has 7 nitrogen and oxygen atoms in total. The average molecular weight is 641 g/mol. The Hall–Kier alpha value is -2.59. The molecule has 202 valence electrons. The minimum atomic E-state index is -4.20. The highest BCUT2D eigenvalue weighted by Gasteiger charge is 2.32. The quantitative estimate of drug-likeness (QED) is 0.283. The molecule has 2 amide bonds. The van der Waals surface area contributed by atoms with E-state index in [1.54, 1.807) is 25.1 Å². The molecule has 0 heterocycles. The van der Waals surface area contributed by atoms with Crippen molar-refractivity contribution in [1.82, 2.24) is 10.2 Å². The van der Waals surface area contributed by atoms with Gasteiger partial charge in [0.2, 0.25) is 11.8 Å². The van der Waals surface area contributed by atoms with Crippen LogP contribution in [0, 0.1) is 0 Å². The molecule has 38 heavy (non-hydrogen) atoms. The first-order chi connectivity index (χ1) is 18.0. The number of hydrogen-bond acceptors (Lipinski definition) is 4. The maximum Gasteiger partial charge on any atom is 0.264 e. The minimum Gasteiger partial charge on any atom is -0.354 e. The van der Waals surface area contributed by atoms with Crippen molar-refractivity contribution in [2.45, 2.75) is 37.8 Å². The fraction of sp³-hybridized carbons (Fsp3) is 0.259. The molecule has 0 radical (unpaired) electrons. The highest BCUT2D eigenvalue weighted by Crippen LogP contribution is 2.30. The van der Waals surface area contributed by atoms with Gasteiger partial charge in [0.05, 0.1) is 10.6 Å². The van der Waals surface area contributed by atoms with Crippen molar-refractivity contribution >= 4 is 66.7 Å². The maximum absolute atomic E-state index is 13.8. The van der Waals surface area contributed by atoms with Crippen molar-refractivity contribution in [3.8, 4) is 0 Å². The second-order valence-corrected chi connectivity index (χ2v) is 12.2. The van der Waals surface area contributed by atoms with Crippen LogP contribution in [0.3, 0.4) is 0 Å². The molecule has 1 atom stereocenters. The first kappa shape index (κ1) is 30.0. The molecule has 3 aromatic rings. The van der Waals surface area contributed by atoms with Gasteiger partial charge in [-0.2, -0.15) is 0 Å². The van der Waals surface area contributed by atoms with E-state index in [-0.39, 0.29) is 33.1 Å². The molecule has 0 bridgehead atoms. The molecule has 11 heteroatoms. The van der Waals surface area contributed by atoms with Crippen molar-refractivity contribution < 1.29 is 18.0 Å². The number of halogens is 3. The van der Waals surface area contributed by atoms with Gasteiger partial charge >= 0.3 is 0 Å². The van der Waals surface area contributed by atoms with Gasteiger partial charge in [0.25, 0.3) is 10.0 Å². The number of nitrogens with zero attached hydrogens (tertiary/aromatic N) is 2. The van der Waals surface area contributed by atoms with E-state index in [9.17, 15) is 18.0 Å². The van der Waals surface area contributed by atoms with Crippen LogP contribution in [0.15, 0.2) is 82.2 Å². The van der Waals surface area contributed by atoms with Crippen LogP contribution in [0.25, 0.3) is 0 Å². The van der Waals surface area contributed by atoms with Crippen LogP contribution in [-0.2, 0) is 26.2 Å². The van der Waals surface area contributed by atoms with Crippen molar-refractivity contribution in [1.29, 1.82) is 0 Å². The number of rotatable bonds is 11. The second kappa shape index (κ2) is 13.5. The summed E-state index contributed by atoms with van der Waals surface area (Å²) in [4.78, 5) is 28.1. The van der Waals surface area contributed by atoms with Gasteiger partial charge in [0.15, 0.2) is 0 Å². The standard InChI is InChI=1S/C27H28BrCl2N3O4S/c1-3-12-31-27(35)19(2)32(17-20-8-7-9-21(28)13-20)26(34)18-33(24-15-22(29)14-23(30)16-24)38(36,37)25-10-5-4-6-11-25/h4-11,13-16,19H,3,12,17-18H2,1-2H3,(H,31,35)/t19-/m0/s1. The number of sulfonamides is 1. The van der Waals surface area contributed by atoms with Crippen LogP contribution in [0.1, 0.15) is 25.8 Å². The Kier molecular flexibility index (Phi) is 10.6. The van der Waals surface area contributed by atoms with E-state index in [2.05, 4.69) is 21.2 Å². The Morgan fingerprint density at radius 2 is 1.63 bits per heavy atom. The summed E-state index contributed by atoms with van der Waals surface area (Å²) in [5.41, 5.74) is 0.899. The van der Waals surface area contributed by atoms with Gasteiger partial charge in [-0.15, -0.1) is 0 Å². The molecule has 0 fully saturated rings. The van der Waals surface area contributed by atoms with Gasteiger partial charge in [0.1, 0.15) is 12.6 Å². The molecule has 0 aliphatic carbocycles. The Morgan fingerprint density at radius 1 is 0.974 bits per heavy atom. The van der Waals surface area contributed by atoms with Gasteiger partial charge < -0.3 is 10.2 Å². The third-order valence-electron chi connectivity index (χ3n) is 5.70. The SMILES string of the molecule is CCCNC(=O)[C@H](C)N(Cc1cccc(Br)c1)C(=O)CN(c1cc(Cl)cc(Cl)c1)S(=O)(=O)c1ccccc1. The predicted molar refractivity (Wildman–Crippen MR) is 155 cm³/mol. The molecular formula is C27H28BrCl2N3O4S. The van der Waals surface area contributed by atoms with E-state index < -0.39 is 28.5 Å². The van der Waals surface area contributed by atoms with Gasteiger partial charge in [-0.05, 0) is 61.4 Å². The monoisotopic (exact) mass is 639 g/mol. The Bertz CT molecular complexity index is 1370. The Morgan fingerprint density at radius 3 is 2.24 bits per heavy atom. The van der Waals surface area contributed by atoms with Crippen LogP contribution in [0.5, 0.6) is 0 Å². The summed E-state index contributed by atoms with van der Waals surface area (Å²) in [5, 5.41) is 3.24. The van der Waals surface area contributed by atoms with Crippen LogP contribution in [-0.4, -0.2) is 44.3 Å². The number of carbonyl (C=O) groups excluding carboxylic acids is 2. The molecule has 0 saturated carbocycles. The summed E-state index contributed by atoms with van der Waals surface area (Å²) in [6.45, 7) is 3.52. The van der Waals surface area contributed by atoms with Crippen LogP contribution in [0.2, 0.25) is 10.0 Å². The summed E-state index contributed by atoms with van der Waals surface area (Å²) >= 11 is 15.8. The lowest BCUT2D eigenvalue weighted by Gasteiger charge is -2.32. The van der Waals surface area contributed by atoms with E-state index in [4.69, 9.17) is 23.2 Å². The minimum absolute atomic E-state index is 0.00354. The number of hydrogen-bond donors (Lipinski definition) is 1. The number of amides is 2. The molecule has 1 N–H and O–H groups in total. The van der Waals surface area contributed by atoms with E-state index >= 15 is 0 Å². The zero-order valence-electron chi connectivity index (χ0n) is 20.9. The number of carbonyl (C=O) groups is 2. The fourth-order valence-corrected chi connectivity index (χ4v) is 6.12. The number of anilines is 1. The largest absolute Gasteiger partial charge is 0.354 e. The molecule has 0 aliphatic rings. The number of benzene rings is 3. The summed E-state index contributed by atoms with van der Waals surface area (Å²) in [5.74, 6) is -0.904. The molecule has 0 spiro atoms. The maximum atomic E-state index is 13.8. The van der Waals surface area contributed by atoms with Crippen molar-refractivity contribution in [2.75, 3.05) is 17.4 Å². The van der Waals surface area contributed by atoms with Crippen molar-refractivity contribution in [2.24, 2.45) is 0 Å². The summed E-state index contributed by atoms with van der Waals surface area (Å²) < 4.78 is 29.3. The molecule has 0 saturated heterocycles. The summed E-state index contributed by atoms with van der Waals surface area (Å²) in [6.07, 6.45) is 0.733.